The summed E-state index contributed by atoms with van der Waals surface area (Å²) in [4.78, 5) is 18.2. The third-order valence-electron chi connectivity index (χ3n) is 13.6. The first-order valence-electron chi connectivity index (χ1n) is 14.4. The number of aliphatic hydroxyl groups is 1. The number of ketones is 1. The quantitative estimate of drug-likeness (QED) is 0.382. The fraction of sp³-hybridized carbons (Fsp3) is 0.875. The molecule has 4 fully saturated rings. The molecule has 0 aromatic carbocycles. The van der Waals surface area contributed by atoms with E-state index < -0.39 is 5.41 Å². The molecular formula is C32H49NO2. The van der Waals surface area contributed by atoms with Crippen LogP contribution in [0.25, 0.3) is 4.85 Å². The standard InChI is InChI=1S/C32H49NO2/c1-10-32-15-13-27(2,3)18-20(32)25-22(34)17-24-29(6)19-21(33-9)26(35)28(4,5)23(29)11-12-30(24,7)31(25,8)14-16-32/h20,23-25,35H,10-19H2,1-8H3/t20?,23-,24+,25?,29-,30+,31+,32+/m0/s1. The van der Waals surface area contributed by atoms with Crippen molar-refractivity contribution in [3.8, 4) is 0 Å². The zero-order chi connectivity index (χ0) is 25.8. The van der Waals surface area contributed by atoms with E-state index in [4.69, 9.17) is 6.57 Å². The molecule has 0 aromatic rings. The van der Waals surface area contributed by atoms with Crippen LogP contribution in [-0.2, 0) is 4.79 Å². The molecule has 35 heavy (non-hydrogen) atoms. The van der Waals surface area contributed by atoms with Gasteiger partial charge < -0.3 is 5.11 Å². The van der Waals surface area contributed by atoms with Gasteiger partial charge in [-0.05, 0) is 96.2 Å². The van der Waals surface area contributed by atoms with Gasteiger partial charge in [0, 0.05) is 17.8 Å². The molecule has 0 heterocycles. The predicted octanol–water partition coefficient (Wildman–Crippen LogP) is 8.76. The van der Waals surface area contributed by atoms with Crippen molar-refractivity contribution >= 4 is 5.78 Å². The van der Waals surface area contributed by atoms with Crippen molar-refractivity contribution in [2.45, 2.75) is 120 Å². The number of nitrogens with zero attached hydrogens (tertiary/aromatic N) is 1. The number of hydrogen-bond acceptors (Lipinski definition) is 2. The van der Waals surface area contributed by atoms with E-state index in [1.165, 1.54) is 38.5 Å². The van der Waals surface area contributed by atoms with Crippen LogP contribution in [0.3, 0.4) is 0 Å². The molecule has 3 heteroatoms. The number of fused-ring (bicyclic) bond motifs is 7. The summed E-state index contributed by atoms with van der Waals surface area (Å²) in [6.45, 7) is 26.7. The van der Waals surface area contributed by atoms with E-state index in [0.717, 1.165) is 12.8 Å². The fourth-order valence-corrected chi connectivity index (χ4v) is 11.3. The van der Waals surface area contributed by atoms with Gasteiger partial charge in [0.25, 0.3) is 0 Å². The molecular weight excluding hydrogens is 430 g/mol. The van der Waals surface area contributed by atoms with Crippen LogP contribution in [0, 0.1) is 62.7 Å². The average molecular weight is 480 g/mol. The van der Waals surface area contributed by atoms with Gasteiger partial charge in [-0.3, -0.25) is 4.79 Å². The first-order valence-corrected chi connectivity index (χ1v) is 14.4. The summed E-state index contributed by atoms with van der Waals surface area (Å²) in [7, 11) is 0. The Kier molecular flexibility index (Phi) is 5.35. The molecule has 0 aromatic heterocycles. The number of hydrogen-bond donors (Lipinski definition) is 1. The molecule has 0 bridgehead atoms. The van der Waals surface area contributed by atoms with Crippen molar-refractivity contribution in [3.63, 3.8) is 0 Å². The molecule has 4 saturated carbocycles. The van der Waals surface area contributed by atoms with Gasteiger partial charge in [-0.2, -0.15) is 0 Å². The summed E-state index contributed by atoms with van der Waals surface area (Å²) in [6.07, 6.45) is 10.9. The number of carbonyl (C=O) groups excluding carboxylic acids is 1. The maximum Gasteiger partial charge on any atom is 0.203 e. The summed E-state index contributed by atoms with van der Waals surface area (Å²) in [5.41, 5.74) is 0.781. The molecule has 3 nitrogen and oxygen atoms in total. The molecule has 0 amide bonds. The monoisotopic (exact) mass is 479 g/mol. The second-order valence-corrected chi connectivity index (χ2v) is 15.6. The number of allylic oxidation sites excluding steroid dienone is 2. The molecule has 5 rings (SSSR count). The van der Waals surface area contributed by atoms with Crippen molar-refractivity contribution in [1.82, 2.24) is 0 Å². The predicted molar refractivity (Wildman–Crippen MR) is 141 cm³/mol. The molecule has 2 unspecified atom stereocenters. The highest BCUT2D eigenvalue weighted by atomic mass is 16.3. The highest BCUT2D eigenvalue weighted by molar-refractivity contribution is 5.84. The Hall–Kier alpha value is -1.30. The largest absolute Gasteiger partial charge is 0.523 e. The molecule has 0 radical (unpaired) electrons. The Bertz CT molecular complexity index is 1020. The van der Waals surface area contributed by atoms with Gasteiger partial charge in [0.1, 0.15) is 11.5 Å². The van der Waals surface area contributed by atoms with E-state index in [9.17, 15) is 9.90 Å². The van der Waals surface area contributed by atoms with Crippen molar-refractivity contribution in [2.75, 3.05) is 0 Å². The summed E-state index contributed by atoms with van der Waals surface area (Å²) >= 11 is 0. The van der Waals surface area contributed by atoms with Crippen LogP contribution < -0.4 is 0 Å². The van der Waals surface area contributed by atoms with Crippen LogP contribution >= 0.6 is 0 Å². The minimum Gasteiger partial charge on any atom is -0.523 e. The summed E-state index contributed by atoms with van der Waals surface area (Å²) in [5, 5.41) is 11.0. The Labute approximate surface area is 214 Å². The third-order valence-corrected chi connectivity index (χ3v) is 13.6. The van der Waals surface area contributed by atoms with Crippen molar-refractivity contribution in [2.24, 2.45) is 56.2 Å². The second kappa shape index (κ2) is 7.39. The van der Waals surface area contributed by atoms with E-state index in [-0.39, 0.29) is 28.1 Å². The number of rotatable bonds is 1. The maximum atomic E-state index is 14.4. The number of Topliss-reactive ketones (excluding diaryl/α,β-unsaturated/α-hetero) is 1. The molecule has 5 aliphatic carbocycles. The van der Waals surface area contributed by atoms with Gasteiger partial charge in [-0.25, -0.2) is 4.85 Å². The van der Waals surface area contributed by atoms with Crippen LogP contribution in [0.2, 0.25) is 0 Å². The maximum absolute atomic E-state index is 14.4. The minimum atomic E-state index is -0.410. The van der Waals surface area contributed by atoms with Crippen LogP contribution in [-0.4, -0.2) is 10.9 Å². The molecule has 0 saturated heterocycles. The van der Waals surface area contributed by atoms with Gasteiger partial charge in [0.05, 0.1) is 6.57 Å². The fourth-order valence-electron chi connectivity index (χ4n) is 11.3. The summed E-state index contributed by atoms with van der Waals surface area (Å²) in [5.74, 6) is 2.10. The molecule has 0 aliphatic heterocycles. The van der Waals surface area contributed by atoms with E-state index in [0.29, 0.717) is 52.7 Å². The highest BCUT2D eigenvalue weighted by Crippen LogP contribution is 2.76. The third kappa shape index (κ3) is 3.04. The van der Waals surface area contributed by atoms with E-state index >= 15 is 0 Å². The van der Waals surface area contributed by atoms with Crippen LogP contribution in [0.15, 0.2) is 11.5 Å². The van der Waals surface area contributed by atoms with Crippen LogP contribution in [0.4, 0.5) is 0 Å². The van der Waals surface area contributed by atoms with E-state index in [2.05, 4.69) is 60.2 Å². The van der Waals surface area contributed by atoms with Gasteiger partial charge >= 0.3 is 0 Å². The Morgan fingerprint density at radius 1 is 0.943 bits per heavy atom. The Balaban J connectivity index is 1.61. The summed E-state index contributed by atoms with van der Waals surface area (Å²) in [6, 6.07) is 0. The first kappa shape index (κ1) is 25.4. The number of carbonyl (C=O) groups is 1. The molecule has 8 atom stereocenters. The second-order valence-electron chi connectivity index (χ2n) is 15.6. The van der Waals surface area contributed by atoms with Crippen LogP contribution in [0.5, 0.6) is 0 Å². The average Bonchev–Trinajstić information content (AvgIpc) is 2.77. The molecule has 5 aliphatic rings. The van der Waals surface area contributed by atoms with Gasteiger partial charge in [0.2, 0.25) is 5.70 Å². The lowest BCUT2D eigenvalue weighted by molar-refractivity contribution is -0.231. The smallest absolute Gasteiger partial charge is 0.203 e. The highest BCUT2D eigenvalue weighted by Gasteiger charge is 2.71. The summed E-state index contributed by atoms with van der Waals surface area (Å²) < 4.78 is 0. The lowest BCUT2D eigenvalue weighted by Gasteiger charge is -2.72. The van der Waals surface area contributed by atoms with Crippen LogP contribution in [0.1, 0.15) is 120 Å². The minimum absolute atomic E-state index is 0.0172. The molecule has 1 N–H and O–H groups in total. The lowest BCUT2D eigenvalue weighted by atomic mass is 9.31. The zero-order valence-electron chi connectivity index (χ0n) is 23.7. The van der Waals surface area contributed by atoms with Gasteiger partial charge in [0.15, 0.2) is 0 Å². The van der Waals surface area contributed by atoms with Gasteiger partial charge in [-0.15, -0.1) is 0 Å². The Morgan fingerprint density at radius 2 is 1.60 bits per heavy atom. The van der Waals surface area contributed by atoms with Gasteiger partial charge in [-0.1, -0.05) is 61.8 Å². The topological polar surface area (TPSA) is 41.7 Å². The van der Waals surface area contributed by atoms with E-state index in [1.54, 1.807) is 0 Å². The van der Waals surface area contributed by atoms with Crippen molar-refractivity contribution < 1.29 is 9.90 Å². The van der Waals surface area contributed by atoms with Crippen molar-refractivity contribution in [3.05, 3.63) is 22.9 Å². The molecule has 194 valence electrons. The lowest BCUT2D eigenvalue weighted by Crippen LogP contribution is -2.68. The van der Waals surface area contributed by atoms with E-state index in [1.807, 2.05) is 0 Å². The Morgan fingerprint density at radius 3 is 2.23 bits per heavy atom. The zero-order valence-corrected chi connectivity index (χ0v) is 23.7. The normalized spacial score (nSPS) is 50.3. The van der Waals surface area contributed by atoms with Crippen molar-refractivity contribution in [1.29, 1.82) is 0 Å². The number of aliphatic hydroxyl groups excluding tert-OH is 1. The SMILES string of the molecule is [C-]#[N+]C1=C(O)C(C)(C)[C@@H]2CC[C@]3(C)[C@H](CC(=O)C4C5CC(C)(C)CC[C@]5(CC)CC[C@]43C)[C@@]2(C)C1. The first-order chi connectivity index (χ1) is 16.1. The molecule has 0 spiro atoms.